The molecule has 0 spiro atoms. The molecule has 1 unspecified atom stereocenters. The van der Waals surface area contributed by atoms with Crippen LogP contribution in [0.5, 0.6) is 0 Å². The molecule has 0 radical (unpaired) electrons. The molecule has 4 nitrogen and oxygen atoms in total. The summed E-state index contributed by atoms with van der Waals surface area (Å²) in [4.78, 5) is 2.33. The van der Waals surface area contributed by atoms with E-state index in [0.29, 0.717) is 11.3 Å². The maximum Gasteiger partial charge on any atom is 0.0534 e. The second kappa shape index (κ2) is 6.34. The van der Waals surface area contributed by atoms with E-state index in [1.54, 1.807) is 0 Å². The molecule has 0 aliphatic rings. The highest BCUT2D eigenvalue weighted by atomic mass is 15.2. The minimum atomic E-state index is 0.346. The summed E-state index contributed by atoms with van der Waals surface area (Å²) in [5.74, 6) is 0.562. The molecule has 104 valence electrons. The zero-order valence-corrected chi connectivity index (χ0v) is 12.5. The SMILES string of the molecule is CN(Cc1cnn(C)c1)CC(CN)CC(C)(C)C. The van der Waals surface area contributed by atoms with Crippen molar-refractivity contribution in [2.24, 2.45) is 24.1 Å². The van der Waals surface area contributed by atoms with Crippen molar-refractivity contribution in [1.29, 1.82) is 0 Å². The zero-order valence-electron chi connectivity index (χ0n) is 12.5. The first-order valence-electron chi connectivity index (χ1n) is 6.66. The van der Waals surface area contributed by atoms with E-state index in [9.17, 15) is 0 Å². The minimum Gasteiger partial charge on any atom is -0.330 e. The summed E-state index contributed by atoms with van der Waals surface area (Å²) in [5.41, 5.74) is 7.49. The molecule has 2 N–H and O–H groups in total. The number of hydrogen-bond donors (Lipinski definition) is 1. The van der Waals surface area contributed by atoms with Gasteiger partial charge in [0, 0.05) is 31.9 Å². The first-order valence-corrected chi connectivity index (χ1v) is 6.66. The van der Waals surface area contributed by atoms with Crippen molar-refractivity contribution < 1.29 is 0 Å². The summed E-state index contributed by atoms with van der Waals surface area (Å²) < 4.78 is 1.85. The predicted octanol–water partition coefficient (Wildman–Crippen LogP) is 1.86. The Bertz CT molecular complexity index is 351. The van der Waals surface area contributed by atoms with Crippen molar-refractivity contribution >= 4 is 0 Å². The van der Waals surface area contributed by atoms with Crippen molar-refractivity contribution in [2.45, 2.75) is 33.7 Å². The fourth-order valence-corrected chi connectivity index (χ4v) is 2.46. The van der Waals surface area contributed by atoms with Gasteiger partial charge in [0.05, 0.1) is 6.20 Å². The molecule has 1 rings (SSSR count). The average Bonchev–Trinajstić information content (AvgIpc) is 2.60. The normalized spacial score (nSPS) is 14.2. The number of aryl methyl sites for hydroxylation is 1. The van der Waals surface area contributed by atoms with Gasteiger partial charge in [-0.2, -0.15) is 5.10 Å². The third-order valence-electron chi connectivity index (χ3n) is 3.02. The standard InChI is InChI=1S/C14H28N4/c1-14(2,3)6-12(7-15)9-17(4)10-13-8-16-18(5)11-13/h8,11-12H,6-7,9-10,15H2,1-5H3. The van der Waals surface area contributed by atoms with Gasteiger partial charge in [0.2, 0.25) is 0 Å². The number of nitrogens with two attached hydrogens (primary N) is 1. The Balaban J connectivity index is 2.44. The smallest absolute Gasteiger partial charge is 0.0534 e. The number of hydrogen-bond acceptors (Lipinski definition) is 3. The lowest BCUT2D eigenvalue weighted by atomic mass is 9.84. The van der Waals surface area contributed by atoms with Crippen molar-refractivity contribution in [3.63, 3.8) is 0 Å². The van der Waals surface area contributed by atoms with E-state index in [1.807, 2.05) is 17.9 Å². The summed E-state index contributed by atoms with van der Waals surface area (Å²) >= 11 is 0. The lowest BCUT2D eigenvalue weighted by molar-refractivity contribution is 0.216. The van der Waals surface area contributed by atoms with E-state index in [4.69, 9.17) is 5.73 Å². The Kier molecular flexibility index (Phi) is 5.35. The highest BCUT2D eigenvalue weighted by Gasteiger charge is 2.19. The summed E-state index contributed by atoms with van der Waals surface area (Å²) in [7, 11) is 4.10. The molecule has 1 heterocycles. The molecular formula is C14H28N4. The third kappa shape index (κ3) is 5.65. The van der Waals surface area contributed by atoms with E-state index in [1.165, 1.54) is 12.0 Å². The molecular weight excluding hydrogens is 224 g/mol. The Morgan fingerprint density at radius 3 is 2.56 bits per heavy atom. The van der Waals surface area contributed by atoms with Gasteiger partial charge in [-0.1, -0.05) is 20.8 Å². The molecule has 0 fully saturated rings. The van der Waals surface area contributed by atoms with Gasteiger partial charge in [-0.3, -0.25) is 4.68 Å². The second-order valence-electron chi connectivity index (χ2n) is 6.59. The van der Waals surface area contributed by atoms with Crippen LogP contribution in [0.4, 0.5) is 0 Å². The first kappa shape index (κ1) is 15.2. The summed E-state index contributed by atoms with van der Waals surface area (Å²) in [5, 5.41) is 4.19. The predicted molar refractivity (Wildman–Crippen MR) is 76.2 cm³/mol. The highest BCUT2D eigenvalue weighted by Crippen LogP contribution is 2.24. The zero-order chi connectivity index (χ0) is 13.8. The van der Waals surface area contributed by atoms with Gasteiger partial charge < -0.3 is 10.6 Å². The fraction of sp³-hybridized carbons (Fsp3) is 0.786. The summed E-state index contributed by atoms with van der Waals surface area (Å²) in [6, 6.07) is 0. The van der Waals surface area contributed by atoms with Crippen molar-refractivity contribution in [3.05, 3.63) is 18.0 Å². The van der Waals surface area contributed by atoms with Gasteiger partial charge in [-0.15, -0.1) is 0 Å². The van der Waals surface area contributed by atoms with Crippen LogP contribution in [0.2, 0.25) is 0 Å². The Morgan fingerprint density at radius 1 is 1.44 bits per heavy atom. The van der Waals surface area contributed by atoms with Crippen molar-refractivity contribution in [3.8, 4) is 0 Å². The van der Waals surface area contributed by atoms with Crippen molar-refractivity contribution in [2.75, 3.05) is 20.1 Å². The molecule has 18 heavy (non-hydrogen) atoms. The van der Waals surface area contributed by atoms with Gasteiger partial charge in [-0.25, -0.2) is 0 Å². The van der Waals surface area contributed by atoms with E-state index >= 15 is 0 Å². The molecule has 0 saturated carbocycles. The van der Waals surface area contributed by atoms with Crippen LogP contribution in [0.1, 0.15) is 32.8 Å². The van der Waals surface area contributed by atoms with Gasteiger partial charge in [0.1, 0.15) is 0 Å². The first-order chi connectivity index (χ1) is 8.30. The molecule has 0 aliphatic heterocycles. The number of aromatic nitrogens is 2. The summed E-state index contributed by atoms with van der Waals surface area (Å²) in [6.07, 6.45) is 5.16. The number of nitrogens with zero attached hydrogens (tertiary/aromatic N) is 3. The van der Waals surface area contributed by atoms with E-state index in [0.717, 1.165) is 19.6 Å². The average molecular weight is 252 g/mol. The Morgan fingerprint density at radius 2 is 2.11 bits per heavy atom. The molecule has 0 amide bonds. The maximum atomic E-state index is 5.88. The van der Waals surface area contributed by atoms with Crippen LogP contribution in [0.3, 0.4) is 0 Å². The quantitative estimate of drug-likeness (QED) is 0.840. The van der Waals surface area contributed by atoms with E-state index < -0.39 is 0 Å². The molecule has 0 aromatic carbocycles. The van der Waals surface area contributed by atoms with Crippen molar-refractivity contribution in [1.82, 2.24) is 14.7 Å². The Labute approximate surface area is 111 Å². The van der Waals surface area contributed by atoms with Crippen LogP contribution in [0, 0.1) is 11.3 Å². The Hall–Kier alpha value is -0.870. The molecule has 0 aliphatic carbocycles. The van der Waals surface area contributed by atoms with Gasteiger partial charge >= 0.3 is 0 Å². The monoisotopic (exact) mass is 252 g/mol. The molecule has 0 saturated heterocycles. The van der Waals surface area contributed by atoms with Crippen LogP contribution < -0.4 is 5.73 Å². The van der Waals surface area contributed by atoms with Crippen LogP contribution in [-0.4, -0.2) is 34.8 Å². The third-order valence-corrected chi connectivity index (χ3v) is 3.02. The van der Waals surface area contributed by atoms with Crippen LogP contribution in [-0.2, 0) is 13.6 Å². The van der Waals surface area contributed by atoms with Gasteiger partial charge in [0.25, 0.3) is 0 Å². The highest BCUT2D eigenvalue weighted by molar-refractivity contribution is 5.03. The molecule has 1 aromatic rings. The van der Waals surface area contributed by atoms with Crippen LogP contribution in [0.25, 0.3) is 0 Å². The second-order valence-corrected chi connectivity index (χ2v) is 6.59. The van der Waals surface area contributed by atoms with Gasteiger partial charge in [0.15, 0.2) is 0 Å². The van der Waals surface area contributed by atoms with Crippen LogP contribution >= 0.6 is 0 Å². The van der Waals surface area contributed by atoms with Gasteiger partial charge in [-0.05, 0) is 31.3 Å². The lowest BCUT2D eigenvalue weighted by Crippen LogP contribution is -2.32. The minimum absolute atomic E-state index is 0.346. The van der Waals surface area contributed by atoms with E-state index in [2.05, 4.69) is 44.0 Å². The number of rotatable bonds is 6. The molecule has 1 aromatic heterocycles. The summed E-state index contributed by atoms with van der Waals surface area (Å²) in [6.45, 7) is 9.57. The van der Waals surface area contributed by atoms with Crippen LogP contribution in [0.15, 0.2) is 12.4 Å². The topological polar surface area (TPSA) is 47.1 Å². The molecule has 1 atom stereocenters. The lowest BCUT2D eigenvalue weighted by Gasteiger charge is -2.28. The fourth-order valence-electron chi connectivity index (χ4n) is 2.46. The largest absolute Gasteiger partial charge is 0.330 e. The molecule has 0 bridgehead atoms. The molecule has 4 heteroatoms. The van der Waals surface area contributed by atoms with E-state index in [-0.39, 0.29) is 0 Å². The maximum absolute atomic E-state index is 5.88.